The molecule has 0 spiro atoms. The Balaban J connectivity index is 1.68. The van der Waals surface area contributed by atoms with E-state index in [9.17, 15) is 15.0 Å². The van der Waals surface area contributed by atoms with E-state index in [-0.39, 0.29) is 29.6 Å². The van der Waals surface area contributed by atoms with Gasteiger partial charge in [0.25, 0.3) is 5.89 Å². The number of phenols is 2. The van der Waals surface area contributed by atoms with Crippen LogP contribution in [0.1, 0.15) is 16.2 Å². The van der Waals surface area contributed by atoms with Gasteiger partial charge in [-0.2, -0.15) is 4.98 Å². The Kier molecular flexibility index (Phi) is 4.48. The molecule has 0 radical (unpaired) electrons. The topological polar surface area (TPSA) is 106 Å². The summed E-state index contributed by atoms with van der Waals surface area (Å²) in [4.78, 5) is 16.1. The molecule has 2 aromatic carbocycles. The molecule has 3 rings (SSSR count). The molecule has 0 saturated carbocycles. The van der Waals surface area contributed by atoms with E-state index in [2.05, 4.69) is 26.1 Å². The lowest BCUT2D eigenvalue weighted by molar-refractivity contribution is 0.0426. The third-order valence-corrected chi connectivity index (χ3v) is 3.57. The quantitative estimate of drug-likeness (QED) is 0.658. The minimum absolute atomic E-state index is 0.0699. The molecule has 3 aromatic rings. The number of halogens is 1. The number of hydrogen-bond acceptors (Lipinski definition) is 7. The van der Waals surface area contributed by atoms with Gasteiger partial charge in [0, 0.05) is 16.1 Å². The average Bonchev–Trinajstić information content (AvgIpc) is 3.01. The molecule has 0 bridgehead atoms. The first-order valence-corrected chi connectivity index (χ1v) is 7.60. The van der Waals surface area contributed by atoms with E-state index < -0.39 is 5.97 Å². The minimum Gasteiger partial charge on any atom is -0.508 e. The van der Waals surface area contributed by atoms with Crippen LogP contribution in [0, 0.1) is 0 Å². The van der Waals surface area contributed by atoms with Crippen molar-refractivity contribution in [3.8, 4) is 22.9 Å². The first-order chi connectivity index (χ1) is 11.5. The maximum Gasteiger partial charge on any atom is 0.342 e. The molecular formula is C16H11BrN2O5. The van der Waals surface area contributed by atoms with Gasteiger partial charge in [0.05, 0.1) is 0 Å². The van der Waals surface area contributed by atoms with Gasteiger partial charge in [0.2, 0.25) is 5.82 Å². The molecule has 2 N–H and O–H groups in total. The van der Waals surface area contributed by atoms with Crippen molar-refractivity contribution in [2.24, 2.45) is 0 Å². The van der Waals surface area contributed by atoms with Crippen molar-refractivity contribution in [3.05, 3.63) is 58.4 Å². The van der Waals surface area contributed by atoms with Crippen molar-refractivity contribution < 1.29 is 24.3 Å². The van der Waals surface area contributed by atoms with Crippen molar-refractivity contribution in [2.45, 2.75) is 6.61 Å². The zero-order valence-electron chi connectivity index (χ0n) is 12.1. The maximum atomic E-state index is 11.9. The molecule has 1 aromatic heterocycles. The Morgan fingerprint density at radius 3 is 2.79 bits per heavy atom. The SMILES string of the molecule is O=C(OCc1nc(-c2cccc(Br)c2)no1)c1ccc(O)cc1O. The Bertz CT molecular complexity index is 894. The van der Waals surface area contributed by atoms with Gasteiger partial charge in [-0.05, 0) is 24.3 Å². The summed E-state index contributed by atoms with van der Waals surface area (Å²) >= 11 is 3.36. The van der Waals surface area contributed by atoms with Crippen LogP contribution >= 0.6 is 15.9 Å². The number of carbonyl (C=O) groups is 1. The van der Waals surface area contributed by atoms with Gasteiger partial charge in [0.15, 0.2) is 6.61 Å². The van der Waals surface area contributed by atoms with Crippen molar-refractivity contribution >= 4 is 21.9 Å². The third-order valence-electron chi connectivity index (χ3n) is 3.08. The summed E-state index contributed by atoms with van der Waals surface area (Å²) < 4.78 is 10.9. The smallest absolute Gasteiger partial charge is 0.342 e. The molecule has 8 heteroatoms. The highest BCUT2D eigenvalue weighted by Crippen LogP contribution is 2.24. The first kappa shape index (κ1) is 16.0. The van der Waals surface area contributed by atoms with Crippen LogP contribution in [0.2, 0.25) is 0 Å². The number of aromatic hydroxyl groups is 2. The molecule has 122 valence electrons. The molecule has 24 heavy (non-hydrogen) atoms. The van der Waals surface area contributed by atoms with Crippen LogP contribution in [-0.2, 0) is 11.3 Å². The second kappa shape index (κ2) is 6.71. The lowest BCUT2D eigenvalue weighted by atomic mass is 10.2. The summed E-state index contributed by atoms with van der Waals surface area (Å²) in [6, 6.07) is 10.9. The largest absolute Gasteiger partial charge is 0.508 e. The highest BCUT2D eigenvalue weighted by Gasteiger charge is 2.16. The number of ether oxygens (including phenoxy) is 1. The summed E-state index contributed by atoms with van der Waals surface area (Å²) in [5.41, 5.74) is 0.682. The number of carbonyl (C=O) groups excluding carboxylic acids is 1. The van der Waals surface area contributed by atoms with Crippen LogP contribution in [0.15, 0.2) is 51.5 Å². The number of hydrogen-bond donors (Lipinski definition) is 2. The van der Waals surface area contributed by atoms with Crippen LogP contribution in [-0.4, -0.2) is 26.3 Å². The standard InChI is InChI=1S/C16H11BrN2O5/c17-10-3-1-2-9(6-10)15-18-14(24-19-15)8-23-16(22)12-5-4-11(20)7-13(12)21/h1-7,20-21H,8H2. The number of phenolic OH excluding ortho intramolecular Hbond substituents is 2. The van der Waals surface area contributed by atoms with Crippen molar-refractivity contribution in [1.82, 2.24) is 10.1 Å². The second-order valence-electron chi connectivity index (χ2n) is 4.80. The summed E-state index contributed by atoms with van der Waals surface area (Å²) in [6.07, 6.45) is 0. The van der Waals surface area contributed by atoms with Gasteiger partial charge in [-0.1, -0.05) is 33.2 Å². The van der Waals surface area contributed by atoms with Crippen LogP contribution in [0.5, 0.6) is 11.5 Å². The summed E-state index contributed by atoms with van der Waals surface area (Å²) in [7, 11) is 0. The van der Waals surface area contributed by atoms with E-state index in [0.717, 1.165) is 16.1 Å². The third kappa shape index (κ3) is 3.54. The molecular weight excluding hydrogens is 380 g/mol. The molecule has 0 aliphatic rings. The van der Waals surface area contributed by atoms with Crippen LogP contribution < -0.4 is 0 Å². The fourth-order valence-electron chi connectivity index (χ4n) is 1.96. The second-order valence-corrected chi connectivity index (χ2v) is 5.72. The summed E-state index contributed by atoms with van der Waals surface area (Å²) in [5.74, 6) is -0.805. The maximum absolute atomic E-state index is 11.9. The van der Waals surface area contributed by atoms with Gasteiger partial charge in [0.1, 0.15) is 17.1 Å². The number of nitrogens with zero attached hydrogens (tertiary/aromatic N) is 2. The van der Waals surface area contributed by atoms with Gasteiger partial charge in [-0.25, -0.2) is 4.79 Å². The summed E-state index contributed by atoms with van der Waals surface area (Å²) in [6.45, 7) is -0.236. The van der Waals surface area contributed by atoms with Crippen molar-refractivity contribution in [1.29, 1.82) is 0 Å². The first-order valence-electron chi connectivity index (χ1n) is 6.80. The predicted octanol–water partition coefficient (Wildman–Crippen LogP) is 3.27. The molecule has 0 aliphatic carbocycles. The van der Waals surface area contributed by atoms with Gasteiger partial charge < -0.3 is 19.5 Å². The molecule has 0 atom stereocenters. The van der Waals surface area contributed by atoms with E-state index in [1.165, 1.54) is 12.1 Å². The van der Waals surface area contributed by atoms with E-state index in [1.54, 1.807) is 0 Å². The Labute approximate surface area is 144 Å². The van der Waals surface area contributed by atoms with Gasteiger partial charge >= 0.3 is 5.97 Å². The van der Waals surface area contributed by atoms with Crippen LogP contribution in [0.3, 0.4) is 0 Å². The number of rotatable bonds is 4. The van der Waals surface area contributed by atoms with E-state index in [1.807, 2.05) is 24.3 Å². The molecule has 7 nitrogen and oxygen atoms in total. The Morgan fingerprint density at radius 2 is 2.04 bits per heavy atom. The molecule has 1 heterocycles. The van der Waals surface area contributed by atoms with Crippen molar-refractivity contribution in [3.63, 3.8) is 0 Å². The van der Waals surface area contributed by atoms with Crippen LogP contribution in [0.4, 0.5) is 0 Å². The minimum atomic E-state index is -0.769. The molecule has 0 fully saturated rings. The molecule has 0 amide bonds. The number of aromatic nitrogens is 2. The van der Waals surface area contributed by atoms with Gasteiger partial charge in [-0.3, -0.25) is 0 Å². The fraction of sp³-hybridized carbons (Fsp3) is 0.0625. The fourth-order valence-corrected chi connectivity index (χ4v) is 2.36. The zero-order valence-corrected chi connectivity index (χ0v) is 13.7. The number of benzene rings is 2. The highest BCUT2D eigenvalue weighted by molar-refractivity contribution is 9.10. The Morgan fingerprint density at radius 1 is 1.21 bits per heavy atom. The van der Waals surface area contributed by atoms with Crippen LogP contribution in [0.25, 0.3) is 11.4 Å². The lowest BCUT2D eigenvalue weighted by Gasteiger charge is -2.04. The van der Waals surface area contributed by atoms with E-state index >= 15 is 0 Å². The van der Waals surface area contributed by atoms with Gasteiger partial charge in [-0.15, -0.1) is 0 Å². The lowest BCUT2D eigenvalue weighted by Crippen LogP contribution is -2.05. The monoisotopic (exact) mass is 390 g/mol. The van der Waals surface area contributed by atoms with E-state index in [0.29, 0.717) is 5.82 Å². The van der Waals surface area contributed by atoms with Crippen molar-refractivity contribution in [2.75, 3.05) is 0 Å². The summed E-state index contributed by atoms with van der Waals surface area (Å²) in [5, 5.41) is 22.7. The zero-order chi connectivity index (χ0) is 17.1. The molecule has 0 saturated heterocycles. The average molecular weight is 391 g/mol. The predicted molar refractivity (Wildman–Crippen MR) is 86.3 cm³/mol. The normalized spacial score (nSPS) is 10.5. The molecule has 0 aliphatic heterocycles. The molecule has 0 unspecified atom stereocenters. The Hall–Kier alpha value is -2.87. The van der Waals surface area contributed by atoms with E-state index in [4.69, 9.17) is 9.26 Å². The number of esters is 1. The highest BCUT2D eigenvalue weighted by atomic mass is 79.9.